The molecule has 0 fully saturated rings. The Bertz CT molecular complexity index is 718. The zero-order valence-electron chi connectivity index (χ0n) is 14.0. The van der Waals surface area contributed by atoms with Crippen molar-refractivity contribution in [1.82, 2.24) is 4.90 Å². The number of hydrogen-bond acceptors (Lipinski definition) is 4. The molecular formula is C18H21NO5. The molecule has 0 spiro atoms. The summed E-state index contributed by atoms with van der Waals surface area (Å²) in [5, 5.41) is 9.14. The van der Waals surface area contributed by atoms with E-state index >= 15 is 0 Å². The molecule has 0 unspecified atom stereocenters. The number of amides is 1. The van der Waals surface area contributed by atoms with Gasteiger partial charge in [-0.15, -0.1) is 0 Å². The fraction of sp³-hybridized carbons (Fsp3) is 0.333. The summed E-state index contributed by atoms with van der Waals surface area (Å²) >= 11 is 0. The molecule has 0 radical (unpaired) electrons. The predicted molar refractivity (Wildman–Crippen MR) is 88.5 cm³/mol. The van der Waals surface area contributed by atoms with E-state index in [-0.39, 0.29) is 17.2 Å². The van der Waals surface area contributed by atoms with Crippen LogP contribution in [0.2, 0.25) is 0 Å². The van der Waals surface area contributed by atoms with Crippen molar-refractivity contribution in [1.29, 1.82) is 0 Å². The Morgan fingerprint density at radius 2 is 1.88 bits per heavy atom. The molecule has 1 aromatic carbocycles. The van der Waals surface area contributed by atoms with Crippen LogP contribution >= 0.6 is 0 Å². The second-order valence-corrected chi connectivity index (χ2v) is 5.34. The number of rotatable bonds is 7. The lowest BCUT2D eigenvalue weighted by Crippen LogP contribution is -2.25. The monoisotopic (exact) mass is 331 g/mol. The van der Waals surface area contributed by atoms with Crippen molar-refractivity contribution >= 4 is 11.9 Å². The van der Waals surface area contributed by atoms with Crippen molar-refractivity contribution in [2.75, 3.05) is 13.7 Å². The standard InChI is InChI=1S/C18H21NO5/c1-4-15-14(18(21)22)10-16(24-15)17(20)19(3)11-12-6-8-13(9-7-12)23-5-2/h6-10H,4-5,11H2,1-3H3,(H,21,22). The highest BCUT2D eigenvalue weighted by atomic mass is 16.5. The summed E-state index contributed by atoms with van der Waals surface area (Å²) < 4.78 is 10.8. The number of carboxylic acid groups (broad SMARTS) is 1. The maximum atomic E-state index is 12.4. The highest BCUT2D eigenvalue weighted by Crippen LogP contribution is 2.19. The van der Waals surface area contributed by atoms with Crippen molar-refractivity contribution in [2.24, 2.45) is 0 Å². The van der Waals surface area contributed by atoms with Gasteiger partial charge in [-0.2, -0.15) is 0 Å². The van der Waals surface area contributed by atoms with Crippen LogP contribution in [-0.2, 0) is 13.0 Å². The Balaban J connectivity index is 2.10. The summed E-state index contributed by atoms with van der Waals surface area (Å²) in [7, 11) is 1.65. The molecule has 6 heteroatoms. The third-order valence-electron chi connectivity index (χ3n) is 3.57. The molecule has 0 saturated carbocycles. The number of ether oxygens (including phenoxy) is 1. The molecule has 1 heterocycles. The van der Waals surface area contributed by atoms with Crippen LogP contribution in [-0.4, -0.2) is 35.5 Å². The average molecular weight is 331 g/mol. The van der Waals surface area contributed by atoms with Crippen LogP contribution in [0.4, 0.5) is 0 Å². The minimum atomic E-state index is -1.09. The van der Waals surface area contributed by atoms with Crippen LogP contribution < -0.4 is 4.74 Å². The summed E-state index contributed by atoms with van der Waals surface area (Å²) in [6.07, 6.45) is 0.414. The molecule has 1 amide bonds. The maximum Gasteiger partial charge on any atom is 0.339 e. The van der Waals surface area contributed by atoms with E-state index in [1.54, 1.807) is 14.0 Å². The second-order valence-electron chi connectivity index (χ2n) is 5.34. The number of hydrogen-bond donors (Lipinski definition) is 1. The third kappa shape index (κ3) is 3.95. The number of nitrogens with zero attached hydrogens (tertiary/aromatic N) is 1. The van der Waals surface area contributed by atoms with Gasteiger partial charge in [-0.05, 0) is 24.6 Å². The molecule has 0 saturated heterocycles. The lowest BCUT2D eigenvalue weighted by atomic mass is 10.2. The molecule has 0 atom stereocenters. The van der Waals surface area contributed by atoms with Gasteiger partial charge in [-0.25, -0.2) is 4.79 Å². The van der Waals surface area contributed by atoms with Gasteiger partial charge in [0.25, 0.3) is 5.91 Å². The molecule has 1 aromatic heterocycles. The minimum absolute atomic E-state index is 0.0373. The fourth-order valence-electron chi connectivity index (χ4n) is 2.37. The van der Waals surface area contributed by atoms with Crippen molar-refractivity contribution < 1.29 is 23.8 Å². The van der Waals surface area contributed by atoms with Gasteiger partial charge in [0.2, 0.25) is 0 Å². The van der Waals surface area contributed by atoms with E-state index in [2.05, 4.69) is 0 Å². The SMILES string of the molecule is CCOc1ccc(CN(C)C(=O)c2cc(C(=O)O)c(CC)o2)cc1. The van der Waals surface area contributed by atoms with E-state index in [9.17, 15) is 9.59 Å². The van der Waals surface area contributed by atoms with Crippen LogP contribution in [0.5, 0.6) is 5.75 Å². The number of aromatic carboxylic acids is 1. The number of carboxylic acids is 1. The summed E-state index contributed by atoms with van der Waals surface area (Å²) in [4.78, 5) is 25.1. The van der Waals surface area contributed by atoms with Gasteiger partial charge in [0.1, 0.15) is 17.1 Å². The maximum absolute atomic E-state index is 12.4. The third-order valence-corrected chi connectivity index (χ3v) is 3.57. The van der Waals surface area contributed by atoms with Gasteiger partial charge in [0.15, 0.2) is 5.76 Å². The topological polar surface area (TPSA) is 80.0 Å². The van der Waals surface area contributed by atoms with Gasteiger partial charge in [-0.3, -0.25) is 4.79 Å². The van der Waals surface area contributed by atoms with Crippen molar-refractivity contribution in [3.63, 3.8) is 0 Å². The van der Waals surface area contributed by atoms with E-state index in [1.165, 1.54) is 11.0 Å². The van der Waals surface area contributed by atoms with E-state index in [1.807, 2.05) is 31.2 Å². The van der Waals surface area contributed by atoms with E-state index in [0.29, 0.717) is 25.3 Å². The predicted octanol–water partition coefficient (Wildman–Crippen LogP) is 3.21. The van der Waals surface area contributed by atoms with E-state index < -0.39 is 5.97 Å². The van der Waals surface area contributed by atoms with Gasteiger partial charge in [-0.1, -0.05) is 19.1 Å². The molecule has 24 heavy (non-hydrogen) atoms. The first-order chi connectivity index (χ1) is 11.5. The second kappa shape index (κ2) is 7.68. The van der Waals surface area contributed by atoms with E-state index in [0.717, 1.165) is 11.3 Å². The van der Waals surface area contributed by atoms with Gasteiger partial charge in [0, 0.05) is 26.1 Å². The molecule has 2 aromatic rings. The molecule has 0 aliphatic heterocycles. The quantitative estimate of drug-likeness (QED) is 0.842. The number of furan rings is 1. The Hall–Kier alpha value is -2.76. The molecule has 0 aliphatic rings. The Kier molecular flexibility index (Phi) is 5.63. The number of carbonyl (C=O) groups is 2. The van der Waals surface area contributed by atoms with Crippen molar-refractivity contribution in [3.05, 3.63) is 53.0 Å². The largest absolute Gasteiger partial charge is 0.494 e. The first-order valence-corrected chi connectivity index (χ1v) is 7.79. The Labute approximate surface area is 140 Å². The van der Waals surface area contributed by atoms with E-state index in [4.69, 9.17) is 14.3 Å². The first kappa shape index (κ1) is 17.6. The minimum Gasteiger partial charge on any atom is -0.494 e. The average Bonchev–Trinajstić information content (AvgIpc) is 3.00. The molecular weight excluding hydrogens is 310 g/mol. The Morgan fingerprint density at radius 3 is 2.38 bits per heavy atom. The van der Waals surface area contributed by atoms with Crippen molar-refractivity contribution in [3.8, 4) is 5.75 Å². The lowest BCUT2D eigenvalue weighted by molar-refractivity contribution is 0.0693. The van der Waals surface area contributed by atoms with Crippen LogP contribution in [0.3, 0.4) is 0 Å². The number of benzene rings is 1. The number of carbonyl (C=O) groups excluding carboxylic acids is 1. The zero-order valence-corrected chi connectivity index (χ0v) is 14.0. The lowest BCUT2D eigenvalue weighted by Gasteiger charge is -2.16. The summed E-state index contributed by atoms with van der Waals surface area (Å²) in [6, 6.07) is 8.76. The highest BCUT2D eigenvalue weighted by molar-refractivity contribution is 5.96. The number of aryl methyl sites for hydroxylation is 1. The highest BCUT2D eigenvalue weighted by Gasteiger charge is 2.22. The zero-order chi connectivity index (χ0) is 17.7. The Morgan fingerprint density at radius 1 is 1.21 bits per heavy atom. The molecule has 6 nitrogen and oxygen atoms in total. The van der Waals surface area contributed by atoms with Crippen molar-refractivity contribution in [2.45, 2.75) is 26.8 Å². The fourth-order valence-corrected chi connectivity index (χ4v) is 2.37. The summed E-state index contributed by atoms with van der Waals surface area (Å²) in [5.41, 5.74) is 0.977. The van der Waals surface area contributed by atoms with Crippen LogP contribution in [0.25, 0.3) is 0 Å². The molecule has 128 valence electrons. The summed E-state index contributed by atoms with van der Waals surface area (Å²) in [6.45, 7) is 4.68. The smallest absolute Gasteiger partial charge is 0.339 e. The van der Waals surface area contributed by atoms with Gasteiger partial charge >= 0.3 is 5.97 Å². The van der Waals surface area contributed by atoms with Gasteiger partial charge < -0.3 is 19.2 Å². The first-order valence-electron chi connectivity index (χ1n) is 7.79. The summed E-state index contributed by atoms with van der Waals surface area (Å²) in [5.74, 6) is -0.326. The van der Waals surface area contributed by atoms with Crippen LogP contribution in [0, 0.1) is 0 Å². The normalized spacial score (nSPS) is 10.5. The molecule has 1 N–H and O–H groups in total. The van der Waals surface area contributed by atoms with Crippen LogP contribution in [0.15, 0.2) is 34.7 Å². The molecule has 0 aliphatic carbocycles. The van der Waals surface area contributed by atoms with Crippen LogP contribution in [0.1, 0.15) is 46.1 Å². The van der Waals surface area contributed by atoms with Gasteiger partial charge in [0.05, 0.1) is 6.61 Å². The molecule has 2 rings (SSSR count). The molecule has 0 bridgehead atoms.